The van der Waals surface area contributed by atoms with Crippen LogP contribution in [-0.2, 0) is 14.8 Å². The normalized spacial score (nSPS) is 14.1. The Balaban J connectivity index is 1.35. The van der Waals surface area contributed by atoms with Gasteiger partial charge in [0.05, 0.1) is 23.9 Å². The van der Waals surface area contributed by atoms with Crippen molar-refractivity contribution in [2.75, 3.05) is 39.8 Å². The fourth-order valence-electron chi connectivity index (χ4n) is 4.13. The van der Waals surface area contributed by atoms with E-state index in [4.69, 9.17) is 5.26 Å². The number of nitrogens with zero attached hydrogens (tertiary/aromatic N) is 4. The lowest BCUT2D eigenvalue weighted by Gasteiger charge is -2.32. The van der Waals surface area contributed by atoms with Gasteiger partial charge in [-0.25, -0.2) is 22.8 Å². The number of nitriles is 1. The van der Waals surface area contributed by atoms with Gasteiger partial charge in [0.2, 0.25) is 16.0 Å². The summed E-state index contributed by atoms with van der Waals surface area (Å²) in [6.07, 6.45) is 3.01. The number of aromatic nitrogens is 2. The zero-order chi connectivity index (χ0) is 27.0. The molecule has 198 valence electrons. The Morgan fingerprint density at radius 3 is 2.42 bits per heavy atom. The molecule has 1 aromatic heterocycles. The first-order valence-electron chi connectivity index (χ1n) is 12.0. The van der Waals surface area contributed by atoms with Crippen LogP contribution >= 0.6 is 11.8 Å². The number of carbonyl (C=O) groups excluding carboxylic acids is 1. The molecule has 12 heteroatoms. The number of sulfonamides is 1. The van der Waals surface area contributed by atoms with Gasteiger partial charge in [-0.15, -0.1) is 0 Å². The maximum Gasteiger partial charge on any atom is 0.233 e. The number of piperidine rings is 1. The average molecular weight is 555 g/mol. The third-order valence-corrected chi connectivity index (χ3v) is 8.12. The minimum Gasteiger partial charge on any atom is -0.371 e. The fraction of sp³-hybridized carbons (Fsp3) is 0.308. The number of thioether (sulfide) groups is 1. The molecule has 38 heavy (non-hydrogen) atoms. The molecular formula is C26H27FN6O3S2. The molecule has 0 spiro atoms. The Labute approximate surface area is 225 Å². The molecule has 0 aliphatic carbocycles. The molecule has 0 bridgehead atoms. The smallest absolute Gasteiger partial charge is 0.233 e. The van der Waals surface area contributed by atoms with Crippen LogP contribution in [-0.4, -0.2) is 48.4 Å². The number of hydrogen-bond acceptors (Lipinski definition) is 9. The fourth-order valence-corrected chi connectivity index (χ4v) is 5.67. The van der Waals surface area contributed by atoms with E-state index in [0.717, 1.165) is 54.6 Å². The van der Waals surface area contributed by atoms with Crippen molar-refractivity contribution in [3.8, 4) is 17.3 Å². The van der Waals surface area contributed by atoms with Crippen LogP contribution in [0.25, 0.3) is 11.3 Å². The van der Waals surface area contributed by atoms with Crippen molar-refractivity contribution in [3.63, 3.8) is 0 Å². The van der Waals surface area contributed by atoms with E-state index < -0.39 is 16.0 Å². The van der Waals surface area contributed by atoms with Crippen LogP contribution in [0, 0.1) is 17.2 Å². The first kappa shape index (κ1) is 27.3. The molecule has 2 N–H and O–H groups in total. The van der Waals surface area contributed by atoms with E-state index >= 15 is 0 Å². The van der Waals surface area contributed by atoms with E-state index in [1.807, 2.05) is 30.3 Å². The Hall–Kier alpha value is -3.69. The van der Waals surface area contributed by atoms with Crippen LogP contribution in [0.5, 0.6) is 0 Å². The van der Waals surface area contributed by atoms with Crippen molar-refractivity contribution in [2.24, 2.45) is 5.92 Å². The van der Waals surface area contributed by atoms with Crippen LogP contribution < -0.4 is 14.9 Å². The van der Waals surface area contributed by atoms with E-state index in [1.165, 1.54) is 0 Å². The van der Waals surface area contributed by atoms with E-state index in [1.54, 1.807) is 36.5 Å². The average Bonchev–Trinajstić information content (AvgIpc) is 2.93. The molecule has 9 nitrogen and oxygen atoms in total. The van der Waals surface area contributed by atoms with Crippen molar-refractivity contribution in [1.29, 1.82) is 5.26 Å². The summed E-state index contributed by atoms with van der Waals surface area (Å²) in [5.41, 5.74) is 3.74. The van der Waals surface area contributed by atoms with Crippen molar-refractivity contribution in [3.05, 3.63) is 60.8 Å². The third-order valence-electron chi connectivity index (χ3n) is 6.11. The van der Waals surface area contributed by atoms with Gasteiger partial charge >= 0.3 is 0 Å². The first-order chi connectivity index (χ1) is 18.4. The molecule has 1 fully saturated rings. The number of hydrogen-bond donors (Lipinski definition) is 2. The summed E-state index contributed by atoms with van der Waals surface area (Å²) in [6.45, 7) is 1.50. The largest absolute Gasteiger partial charge is 0.371 e. The highest BCUT2D eigenvalue weighted by Crippen LogP contribution is 2.28. The highest BCUT2D eigenvalue weighted by atomic mass is 32.2. The van der Waals surface area contributed by atoms with E-state index in [2.05, 4.69) is 24.9 Å². The van der Waals surface area contributed by atoms with Crippen molar-refractivity contribution in [1.82, 2.24) is 9.97 Å². The number of alkyl halides is 1. The van der Waals surface area contributed by atoms with E-state index in [9.17, 15) is 17.6 Å². The molecule has 2 aromatic carbocycles. The van der Waals surface area contributed by atoms with E-state index in [0.29, 0.717) is 17.3 Å². The molecule has 0 saturated carbocycles. The lowest BCUT2D eigenvalue weighted by atomic mass is 9.98. The minimum absolute atomic E-state index is 0.0542. The molecule has 0 radical (unpaired) electrons. The summed E-state index contributed by atoms with van der Waals surface area (Å²) in [5, 5.41) is 11.7. The Bertz CT molecular complexity index is 1390. The Morgan fingerprint density at radius 1 is 1.08 bits per heavy atom. The van der Waals surface area contributed by atoms with Crippen molar-refractivity contribution in [2.45, 2.75) is 19.3 Å². The summed E-state index contributed by atoms with van der Waals surface area (Å²) >= 11 is 0.764. The number of halogens is 1. The molecular weight excluding hydrogens is 527 g/mol. The molecule has 0 unspecified atom stereocenters. The van der Waals surface area contributed by atoms with Gasteiger partial charge in [-0.1, -0.05) is 23.9 Å². The standard InChI is InChI=1S/C26H27FN6O3S2/c27-18-37-25(34)20-11-15-33(16-12-20)23-8-6-21(7-9-23)30-26-29-14-10-24(31-26)19-2-4-22(5-3-19)32-38(35,36)17-1-13-28/h2-10,14,20,32H,1,11-12,15-18H2,(H,29,30,31). The van der Waals surface area contributed by atoms with E-state index in [-0.39, 0.29) is 23.2 Å². The predicted molar refractivity (Wildman–Crippen MR) is 148 cm³/mol. The second kappa shape index (κ2) is 12.7. The number of benzene rings is 2. The van der Waals surface area contributed by atoms with Gasteiger partial charge in [0, 0.05) is 47.8 Å². The van der Waals surface area contributed by atoms with Gasteiger partial charge in [0.15, 0.2) is 5.12 Å². The minimum atomic E-state index is -3.57. The van der Waals surface area contributed by atoms with Crippen molar-refractivity contribution < 1.29 is 17.6 Å². The summed E-state index contributed by atoms with van der Waals surface area (Å²) in [7, 11) is -3.57. The molecule has 4 rings (SSSR count). The van der Waals surface area contributed by atoms with Gasteiger partial charge in [0.25, 0.3) is 0 Å². The van der Waals surface area contributed by atoms with Gasteiger partial charge < -0.3 is 10.2 Å². The maximum atomic E-state index is 12.4. The highest BCUT2D eigenvalue weighted by Gasteiger charge is 2.25. The van der Waals surface area contributed by atoms with Crippen LogP contribution in [0.15, 0.2) is 60.8 Å². The molecule has 1 aliphatic heterocycles. The number of nitrogens with one attached hydrogen (secondary N) is 2. The monoisotopic (exact) mass is 554 g/mol. The SMILES string of the molecule is N#CCCS(=O)(=O)Nc1ccc(-c2ccnc(Nc3ccc(N4CCC(C(=O)SCF)CC4)cc3)n2)cc1. The highest BCUT2D eigenvalue weighted by molar-refractivity contribution is 8.13. The van der Waals surface area contributed by atoms with Gasteiger partial charge in [-0.3, -0.25) is 9.52 Å². The second-order valence-electron chi connectivity index (χ2n) is 8.68. The molecule has 0 atom stereocenters. The van der Waals surface area contributed by atoms with Gasteiger partial charge in [-0.2, -0.15) is 5.26 Å². The zero-order valence-corrected chi connectivity index (χ0v) is 22.1. The number of carbonyl (C=O) groups is 1. The lowest BCUT2D eigenvalue weighted by molar-refractivity contribution is -0.114. The number of rotatable bonds is 10. The van der Waals surface area contributed by atoms with Gasteiger partial charge in [-0.05, 0) is 55.3 Å². The van der Waals surface area contributed by atoms with Gasteiger partial charge in [0.1, 0.15) is 6.01 Å². The molecule has 3 aromatic rings. The predicted octanol–water partition coefficient (Wildman–Crippen LogP) is 4.95. The Morgan fingerprint density at radius 2 is 1.76 bits per heavy atom. The van der Waals surface area contributed by atoms with Crippen LogP contribution in [0.4, 0.5) is 27.4 Å². The van der Waals surface area contributed by atoms with Crippen LogP contribution in [0.1, 0.15) is 19.3 Å². The second-order valence-corrected chi connectivity index (χ2v) is 11.4. The van der Waals surface area contributed by atoms with Crippen LogP contribution in [0.3, 0.4) is 0 Å². The summed E-state index contributed by atoms with van der Waals surface area (Å²) in [4.78, 5) is 23.0. The molecule has 1 saturated heterocycles. The maximum absolute atomic E-state index is 12.4. The number of anilines is 4. The van der Waals surface area contributed by atoms with Crippen molar-refractivity contribution >= 4 is 49.9 Å². The quantitative estimate of drug-likeness (QED) is 0.358. The summed E-state index contributed by atoms with van der Waals surface area (Å²) in [6, 6.07) is 17.6. The molecule has 2 heterocycles. The summed E-state index contributed by atoms with van der Waals surface area (Å²) < 4.78 is 38.9. The topological polar surface area (TPSA) is 128 Å². The molecule has 1 aliphatic rings. The van der Waals surface area contributed by atoms with Crippen LogP contribution in [0.2, 0.25) is 0 Å². The third kappa shape index (κ3) is 7.43. The summed E-state index contributed by atoms with van der Waals surface area (Å²) in [5.74, 6) is 0.0848. The zero-order valence-electron chi connectivity index (χ0n) is 20.5. The molecule has 0 amide bonds. The first-order valence-corrected chi connectivity index (χ1v) is 14.7. The Kier molecular flexibility index (Phi) is 9.15. The lowest BCUT2D eigenvalue weighted by Crippen LogP contribution is -2.35.